The SMILES string of the molecule is CCc1c(O)n(C(C)c2ccccc2)c(=O)[nH]c1=O. The van der Waals surface area contributed by atoms with E-state index in [0.717, 1.165) is 5.56 Å². The van der Waals surface area contributed by atoms with Crippen LogP contribution in [0.1, 0.15) is 31.0 Å². The predicted octanol–water partition coefficient (Wildman–Crippen LogP) is 1.41. The normalized spacial score (nSPS) is 12.3. The Bertz CT molecular complexity index is 686. The Labute approximate surface area is 110 Å². The molecule has 0 radical (unpaired) electrons. The van der Waals surface area contributed by atoms with Gasteiger partial charge in [0.05, 0.1) is 11.6 Å². The van der Waals surface area contributed by atoms with Crippen molar-refractivity contribution in [2.45, 2.75) is 26.3 Å². The van der Waals surface area contributed by atoms with Crippen LogP contribution in [0.3, 0.4) is 0 Å². The van der Waals surface area contributed by atoms with Crippen molar-refractivity contribution >= 4 is 0 Å². The third-order valence-corrected chi connectivity index (χ3v) is 3.23. The van der Waals surface area contributed by atoms with Crippen LogP contribution in [0.2, 0.25) is 0 Å². The van der Waals surface area contributed by atoms with E-state index in [2.05, 4.69) is 4.98 Å². The summed E-state index contributed by atoms with van der Waals surface area (Å²) in [4.78, 5) is 25.7. The first-order valence-corrected chi connectivity index (χ1v) is 6.17. The second-order valence-electron chi connectivity index (χ2n) is 4.37. The lowest BCUT2D eigenvalue weighted by Gasteiger charge is -2.18. The summed E-state index contributed by atoms with van der Waals surface area (Å²) in [5.41, 5.74) is -0.0195. The molecule has 0 amide bonds. The Balaban J connectivity index is 2.64. The van der Waals surface area contributed by atoms with Crippen LogP contribution < -0.4 is 11.2 Å². The number of hydrogen-bond donors (Lipinski definition) is 2. The number of H-pyrrole nitrogens is 1. The van der Waals surface area contributed by atoms with Gasteiger partial charge in [0, 0.05) is 0 Å². The van der Waals surface area contributed by atoms with Crippen LogP contribution in [0.5, 0.6) is 5.88 Å². The summed E-state index contributed by atoms with van der Waals surface area (Å²) in [5, 5.41) is 10.1. The van der Waals surface area contributed by atoms with Crippen molar-refractivity contribution in [3.8, 4) is 5.88 Å². The van der Waals surface area contributed by atoms with Gasteiger partial charge in [0.15, 0.2) is 0 Å². The van der Waals surface area contributed by atoms with Gasteiger partial charge in [0.2, 0.25) is 5.88 Å². The zero-order chi connectivity index (χ0) is 14.0. The first-order chi connectivity index (χ1) is 9.06. The maximum absolute atomic E-state index is 11.9. The van der Waals surface area contributed by atoms with Crippen LogP contribution in [0, 0.1) is 0 Å². The maximum atomic E-state index is 11.9. The molecule has 5 nitrogen and oxygen atoms in total. The van der Waals surface area contributed by atoms with E-state index in [9.17, 15) is 14.7 Å². The molecule has 0 fully saturated rings. The minimum Gasteiger partial charge on any atom is -0.494 e. The third-order valence-electron chi connectivity index (χ3n) is 3.23. The van der Waals surface area contributed by atoms with Crippen molar-refractivity contribution < 1.29 is 5.11 Å². The van der Waals surface area contributed by atoms with Crippen LogP contribution in [-0.2, 0) is 6.42 Å². The van der Waals surface area contributed by atoms with Crippen LogP contribution in [0.15, 0.2) is 39.9 Å². The summed E-state index contributed by atoms with van der Waals surface area (Å²) in [6, 6.07) is 8.99. The molecule has 0 saturated heterocycles. The van der Waals surface area contributed by atoms with E-state index in [1.807, 2.05) is 30.3 Å². The Morgan fingerprint density at radius 1 is 1.26 bits per heavy atom. The van der Waals surface area contributed by atoms with Crippen molar-refractivity contribution in [1.29, 1.82) is 0 Å². The van der Waals surface area contributed by atoms with E-state index >= 15 is 0 Å². The van der Waals surface area contributed by atoms with Crippen LogP contribution in [0.25, 0.3) is 0 Å². The highest BCUT2D eigenvalue weighted by Crippen LogP contribution is 2.21. The van der Waals surface area contributed by atoms with E-state index in [0.29, 0.717) is 6.42 Å². The minimum atomic E-state index is -0.601. The molecule has 1 unspecified atom stereocenters. The molecule has 0 aliphatic carbocycles. The van der Waals surface area contributed by atoms with Gasteiger partial charge in [-0.1, -0.05) is 37.3 Å². The number of benzene rings is 1. The Kier molecular flexibility index (Phi) is 3.55. The minimum absolute atomic E-state index is 0.224. The highest BCUT2D eigenvalue weighted by Gasteiger charge is 2.18. The van der Waals surface area contributed by atoms with Crippen molar-refractivity contribution in [3.05, 3.63) is 62.3 Å². The van der Waals surface area contributed by atoms with Crippen molar-refractivity contribution in [1.82, 2.24) is 9.55 Å². The number of aromatic nitrogens is 2. The fourth-order valence-electron chi connectivity index (χ4n) is 2.13. The molecule has 0 aliphatic rings. The van der Waals surface area contributed by atoms with Gasteiger partial charge < -0.3 is 5.11 Å². The molecule has 2 aromatic rings. The van der Waals surface area contributed by atoms with Crippen LogP contribution in [-0.4, -0.2) is 14.7 Å². The third kappa shape index (κ3) is 2.31. The lowest BCUT2D eigenvalue weighted by molar-refractivity contribution is 0.382. The number of aromatic hydroxyl groups is 1. The van der Waals surface area contributed by atoms with Gasteiger partial charge in [-0.2, -0.15) is 0 Å². The van der Waals surface area contributed by atoms with Crippen LogP contribution in [0.4, 0.5) is 0 Å². The summed E-state index contributed by atoms with van der Waals surface area (Å²) in [5.74, 6) is -0.257. The Morgan fingerprint density at radius 2 is 1.89 bits per heavy atom. The molecule has 2 rings (SSSR count). The second-order valence-corrected chi connectivity index (χ2v) is 4.37. The number of hydrogen-bond acceptors (Lipinski definition) is 3. The van der Waals surface area contributed by atoms with Gasteiger partial charge in [-0.3, -0.25) is 14.3 Å². The smallest absolute Gasteiger partial charge is 0.331 e. The standard InChI is InChI=1S/C14H16N2O3/c1-3-11-12(17)15-14(19)16(13(11)18)9(2)10-7-5-4-6-8-10/h4-9,18H,3H2,1-2H3,(H,15,17,19). The van der Waals surface area contributed by atoms with E-state index in [1.54, 1.807) is 13.8 Å². The quantitative estimate of drug-likeness (QED) is 0.876. The topological polar surface area (TPSA) is 75.1 Å². The Morgan fingerprint density at radius 3 is 2.47 bits per heavy atom. The molecule has 1 heterocycles. The zero-order valence-corrected chi connectivity index (χ0v) is 10.9. The highest BCUT2D eigenvalue weighted by atomic mass is 16.3. The fraction of sp³-hybridized carbons (Fsp3) is 0.286. The second kappa shape index (κ2) is 5.14. The maximum Gasteiger partial charge on any atom is 0.331 e. The van der Waals surface area contributed by atoms with E-state index < -0.39 is 11.2 Å². The van der Waals surface area contributed by atoms with E-state index in [-0.39, 0.29) is 17.5 Å². The van der Waals surface area contributed by atoms with Gasteiger partial charge in [-0.05, 0) is 18.9 Å². The molecular weight excluding hydrogens is 244 g/mol. The van der Waals surface area contributed by atoms with Gasteiger partial charge in [-0.25, -0.2) is 4.79 Å². The summed E-state index contributed by atoms with van der Waals surface area (Å²) in [6.45, 7) is 3.56. The molecule has 0 bridgehead atoms. The van der Waals surface area contributed by atoms with E-state index in [1.165, 1.54) is 4.57 Å². The lowest BCUT2D eigenvalue weighted by atomic mass is 10.1. The average molecular weight is 260 g/mol. The number of nitrogens with one attached hydrogen (secondary N) is 1. The van der Waals surface area contributed by atoms with Gasteiger partial charge in [0.25, 0.3) is 5.56 Å². The van der Waals surface area contributed by atoms with Crippen molar-refractivity contribution in [2.75, 3.05) is 0 Å². The molecule has 1 aromatic carbocycles. The molecular formula is C14H16N2O3. The summed E-state index contributed by atoms with van der Waals surface area (Å²) in [7, 11) is 0. The molecule has 1 atom stereocenters. The molecule has 19 heavy (non-hydrogen) atoms. The largest absolute Gasteiger partial charge is 0.494 e. The zero-order valence-electron chi connectivity index (χ0n) is 10.9. The van der Waals surface area contributed by atoms with Crippen LogP contribution >= 0.6 is 0 Å². The molecule has 5 heteroatoms. The summed E-state index contributed by atoms with van der Waals surface area (Å²) < 4.78 is 1.20. The summed E-state index contributed by atoms with van der Waals surface area (Å²) in [6.07, 6.45) is 0.364. The molecule has 0 spiro atoms. The number of nitrogens with zero attached hydrogens (tertiary/aromatic N) is 1. The fourth-order valence-corrected chi connectivity index (χ4v) is 2.13. The van der Waals surface area contributed by atoms with Gasteiger partial charge in [0.1, 0.15) is 0 Å². The first-order valence-electron chi connectivity index (χ1n) is 6.17. The number of rotatable bonds is 3. The molecule has 100 valence electrons. The average Bonchev–Trinajstić information content (AvgIpc) is 2.39. The molecule has 0 aliphatic heterocycles. The first kappa shape index (κ1) is 13.1. The van der Waals surface area contributed by atoms with Crippen molar-refractivity contribution in [2.24, 2.45) is 0 Å². The van der Waals surface area contributed by atoms with Crippen molar-refractivity contribution in [3.63, 3.8) is 0 Å². The summed E-state index contributed by atoms with van der Waals surface area (Å²) >= 11 is 0. The molecule has 2 N–H and O–H groups in total. The predicted molar refractivity (Wildman–Crippen MR) is 72.6 cm³/mol. The van der Waals surface area contributed by atoms with Gasteiger partial charge in [-0.15, -0.1) is 0 Å². The highest BCUT2D eigenvalue weighted by molar-refractivity contribution is 5.27. The monoisotopic (exact) mass is 260 g/mol. The lowest BCUT2D eigenvalue weighted by Crippen LogP contribution is -2.34. The number of aromatic amines is 1. The van der Waals surface area contributed by atoms with Gasteiger partial charge >= 0.3 is 5.69 Å². The molecule has 1 aromatic heterocycles. The molecule has 0 saturated carbocycles. The Hall–Kier alpha value is -2.30. The van der Waals surface area contributed by atoms with E-state index in [4.69, 9.17) is 0 Å².